The molecule has 3 N–H and O–H groups in total. The quantitative estimate of drug-likeness (QED) is 0.433. The Morgan fingerprint density at radius 3 is 2.42 bits per heavy atom. The third-order valence-electron chi connectivity index (χ3n) is 3.64. The number of carboxylic acid groups (broad SMARTS) is 1. The minimum absolute atomic E-state index is 0. The van der Waals surface area contributed by atoms with E-state index in [0.29, 0.717) is 5.56 Å². The number of carbonyl (C=O) groups is 1. The summed E-state index contributed by atoms with van der Waals surface area (Å²) in [6.07, 6.45) is -6.12. The Labute approximate surface area is 166 Å². The third-order valence-corrected chi connectivity index (χ3v) is 4.96. The van der Waals surface area contributed by atoms with Crippen molar-refractivity contribution in [3.63, 3.8) is 0 Å². The van der Waals surface area contributed by atoms with Crippen molar-refractivity contribution < 1.29 is 64.3 Å². The Bertz CT molecular complexity index is 516. The smallest absolute Gasteiger partial charge is 0.549 e. The summed E-state index contributed by atoms with van der Waals surface area (Å²) in [5, 5.41) is 39.9. The van der Waals surface area contributed by atoms with Crippen molar-refractivity contribution in [2.24, 2.45) is 0 Å². The molecule has 0 spiro atoms. The van der Waals surface area contributed by atoms with Gasteiger partial charge in [0.25, 0.3) is 0 Å². The zero-order chi connectivity index (χ0) is 17.0. The molecule has 0 aromatic heterocycles. The largest absolute Gasteiger partial charge is 1.00 e. The molecule has 2 rings (SSSR count). The third kappa shape index (κ3) is 5.17. The van der Waals surface area contributed by atoms with Crippen LogP contribution < -0.4 is 34.7 Å². The predicted octanol–water partition coefficient (Wildman–Crippen LogP) is -4.33. The molecule has 1 aliphatic heterocycles. The van der Waals surface area contributed by atoms with Gasteiger partial charge >= 0.3 is 29.6 Å². The van der Waals surface area contributed by atoms with Crippen molar-refractivity contribution in [3.8, 4) is 0 Å². The molecule has 7 nitrogen and oxygen atoms in total. The molecule has 0 amide bonds. The Morgan fingerprint density at radius 1 is 1.25 bits per heavy atom. The predicted molar refractivity (Wildman–Crippen MR) is 80.3 cm³/mol. The zero-order valence-electron chi connectivity index (χ0n) is 13.4. The molecule has 0 bridgehead atoms. The van der Waals surface area contributed by atoms with Crippen LogP contribution in [0.1, 0.15) is 10.8 Å². The summed E-state index contributed by atoms with van der Waals surface area (Å²) >= 11 is 1.01. The zero-order valence-corrected chi connectivity index (χ0v) is 16.3. The van der Waals surface area contributed by atoms with Crippen LogP contribution in [0.2, 0.25) is 0 Å². The average molecular weight is 366 g/mol. The number of benzene rings is 1. The first kappa shape index (κ1) is 21.9. The molecule has 1 saturated heterocycles. The minimum atomic E-state index is -1.43. The number of thioether (sulfide) groups is 1. The van der Waals surface area contributed by atoms with Crippen molar-refractivity contribution >= 4 is 17.7 Å². The average Bonchev–Trinajstić information content (AvgIpc) is 2.55. The Hall–Kier alpha value is -0.160. The second-order valence-corrected chi connectivity index (χ2v) is 6.33. The van der Waals surface area contributed by atoms with Crippen LogP contribution in [0.25, 0.3) is 0 Å². The second-order valence-electron chi connectivity index (χ2n) is 5.19. The number of carboxylic acids is 1. The Kier molecular flexibility index (Phi) is 9.21. The van der Waals surface area contributed by atoms with Crippen LogP contribution in [0, 0.1) is 0 Å². The van der Waals surface area contributed by atoms with E-state index >= 15 is 0 Å². The van der Waals surface area contributed by atoms with E-state index in [-0.39, 0.29) is 35.3 Å². The molecule has 0 saturated carbocycles. The maximum absolute atomic E-state index is 11.3. The second kappa shape index (κ2) is 10.1. The van der Waals surface area contributed by atoms with Gasteiger partial charge in [-0.3, -0.25) is 0 Å². The van der Waals surface area contributed by atoms with Crippen molar-refractivity contribution in [1.29, 1.82) is 0 Å². The molecule has 1 heterocycles. The number of rotatable bonds is 6. The summed E-state index contributed by atoms with van der Waals surface area (Å²) in [7, 11) is 1.30. The van der Waals surface area contributed by atoms with Crippen LogP contribution in [0.4, 0.5) is 0 Å². The fourth-order valence-electron chi connectivity index (χ4n) is 2.37. The van der Waals surface area contributed by atoms with Gasteiger partial charge in [0.1, 0.15) is 18.3 Å². The maximum Gasteiger partial charge on any atom is 1.00 e. The van der Waals surface area contributed by atoms with Crippen LogP contribution in [-0.2, 0) is 14.3 Å². The van der Waals surface area contributed by atoms with E-state index in [2.05, 4.69) is 0 Å². The molecule has 6 atom stereocenters. The topological polar surface area (TPSA) is 119 Å². The molecule has 1 aromatic rings. The van der Waals surface area contributed by atoms with E-state index in [1.54, 1.807) is 30.3 Å². The van der Waals surface area contributed by atoms with E-state index < -0.39 is 41.9 Å². The van der Waals surface area contributed by atoms with Gasteiger partial charge in [-0.2, -0.15) is 0 Å². The summed E-state index contributed by atoms with van der Waals surface area (Å²) in [4.78, 5) is 11.3. The van der Waals surface area contributed by atoms with Crippen LogP contribution in [0.15, 0.2) is 30.3 Å². The molecule has 1 aliphatic rings. The SMILES string of the molecule is CO[C@@H]1O[C@@H](CSC(C(=O)[O-])c2ccccc2)[C@@H](O)[C@H](O)[C@@H]1O.[Na+]. The van der Waals surface area contributed by atoms with Gasteiger partial charge in [0, 0.05) is 12.9 Å². The standard InChI is InChI=1S/C15H20O7S.Na/c1-21-15-12(18)11(17)10(16)9(22-15)7-23-13(14(19)20)8-5-3-2-4-6-8;/h2-6,9-13,15-18H,7H2,1H3,(H,19,20);/q;+1/p-1/t9-,10+,11-,12-,13?,15+;/m0./s1. The first-order valence-electron chi connectivity index (χ1n) is 7.05. The van der Waals surface area contributed by atoms with Gasteiger partial charge in [0.05, 0.1) is 17.3 Å². The Morgan fingerprint density at radius 2 is 1.88 bits per heavy atom. The van der Waals surface area contributed by atoms with Crippen molar-refractivity contribution in [2.75, 3.05) is 12.9 Å². The number of ether oxygens (including phenoxy) is 2. The minimum Gasteiger partial charge on any atom is -0.549 e. The number of methoxy groups -OCH3 is 1. The summed E-state index contributed by atoms with van der Waals surface area (Å²) in [6.45, 7) is 0. The van der Waals surface area contributed by atoms with Crippen LogP contribution in [-0.4, -0.2) is 64.9 Å². The molecular formula is C15H19NaO7S. The summed E-state index contributed by atoms with van der Waals surface area (Å²) < 4.78 is 10.3. The van der Waals surface area contributed by atoms with E-state index in [0.717, 1.165) is 11.8 Å². The van der Waals surface area contributed by atoms with Gasteiger partial charge in [-0.1, -0.05) is 30.3 Å². The van der Waals surface area contributed by atoms with Crippen LogP contribution in [0.5, 0.6) is 0 Å². The first-order valence-corrected chi connectivity index (χ1v) is 8.10. The summed E-state index contributed by atoms with van der Waals surface area (Å²) in [5.41, 5.74) is 0.562. The van der Waals surface area contributed by atoms with Gasteiger partial charge in [0.15, 0.2) is 6.29 Å². The van der Waals surface area contributed by atoms with Gasteiger partial charge < -0.3 is 34.7 Å². The van der Waals surface area contributed by atoms with Gasteiger partial charge in [-0.15, -0.1) is 11.8 Å². The molecule has 1 unspecified atom stereocenters. The molecule has 1 fully saturated rings. The first-order chi connectivity index (χ1) is 11.0. The van der Waals surface area contributed by atoms with E-state index in [1.165, 1.54) is 7.11 Å². The number of carbonyl (C=O) groups excluding carboxylic acids is 1. The normalized spacial score (nSPS) is 31.1. The van der Waals surface area contributed by atoms with E-state index in [4.69, 9.17) is 9.47 Å². The molecule has 0 radical (unpaired) electrons. The molecule has 24 heavy (non-hydrogen) atoms. The molecule has 0 aliphatic carbocycles. The van der Waals surface area contributed by atoms with Crippen molar-refractivity contribution in [1.82, 2.24) is 0 Å². The monoisotopic (exact) mass is 366 g/mol. The molecule has 128 valence electrons. The van der Waals surface area contributed by atoms with Gasteiger partial charge in [-0.25, -0.2) is 0 Å². The Balaban J connectivity index is 0.00000288. The van der Waals surface area contributed by atoms with E-state index in [1.807, 2.05) is 0 Å². The molecule has 9 heteroatoms. The number of hydrogen-bond donors (Lipinski definition) is 3. The fraction of sp³-hybridized carbons (Fsp3) is 0.533. The van der Waals surface area contributed by atoms with Gasteiger partial charge in [0.2, 0.25) is 0 Å². The summed E-state index contributed by atoms with van der Waals surface area (Å²) in [6, 6.07) is 8.55. The van der Waals surface area contributed by atoms with E-state index in [9.17, 15) is 25.2 Å². The molecule has 1 aromatic carbocycles. The maximum atomic E-state index is 11.3. The molecular weight excluding hydrogens is 347 g/mol. The van der Waals surface area contributed by atoms with Crippen LogP contribution >= 0.6 is 11.8 Å². The number of hydrogen-bond acceptors (Lipinski definition) is 8. The van der Waals surface area contributed by atoms with Crippen molar-refractivity contribution in [3.05, 3.63) is 35.9 Å². The number of aliphatic hydroxyl groups is 3. The number of aliphatic carboxylic acids is 1. The van der Waals surface area contributed by atoms with Crippen LogP contribution in [0.3, 0.4) is 0 Å². The van der Waals surface area contributed by atoms with Gasteiger partial charge in [-0.05, 0) is 5.56 Å². The van der Waals surface area contributed by atoms with Crippen molar-refractivity contribution in [2.45, 2.75) is 36.0 Å². The number of aliphatic hydroxyl groups excluding tert-OH is 3. The summed E-state index contributed by atoms with van der Waals surface area (Å²) in [5.74, 6) is -1.17. The fourth-order valence-corrected chi connectivity index (χ4v) is 3.51.